The van der Waals surface area contributed by atoms with Crippen LogP contribution in [-0.4, -0.2) is 129 Å². The molecule has 382 valence electrons. The number of hydrogen-bond acceptors (Lipinski definition) is 10. The second-order valence-corrected chi connectivity index (χ2v) is 21.0. The average Bonchev–Trinajstić information content (AvgIpc) is 4.09. The first-order valence-corrected chi connectivity index (χ1v) is 25.6. The van der Waals surface area contributed by atoms with Crippen LogP contribution in [-0.2, 0) is 33.4 Å². The molecule has 1 aliphatic carbocycles. The monoisotopic (exact) mass is 998 g/mol. The van der Waals surface area contributed by atoms with E-state index >= 15 is 8.78 Å². The van der Waals surface area contributed by atoms with Gasteiger partial charge in [0.05, 0.1) is 28.7 Å². The highest BCUT2D eigenvalue weighted by atomic mass is 19.1. The summed E-state index contributed by atoms with van der Waals surface area (Å²) in [5.41, 5.74) is 5.56. The van der Waals surface area contributed by atoms with E-state index in [2.05, 4.69) is 43.3 Å². The number of carbonyl (C=O) groups is 4. The number of amides is 4. The summed E-state index contributed by atoms with van der Waals surface area (Å²) in [5, 5.41) is 5.78. The normalized spacial score (nSPS) is 21.2. The number of imide groups is 1. The van der Waals surface area contributed by atoms with Crippen LogP contribution in [0.4, 0.5) is 24.5 Å². The smallest absolute Gasteiger partial charge is 0.257 e. The summed E-state index contributed by atoms with van der Waals surface area (Å²) in [4.78, 5) is 80.0. The van der Waals surface area contributed by atoms with Crippen LogP contribution >= 0.6 is 0 Å². The van der Waals surface area contributed by atoms with Crippen molar-refractivity contribution in [3.8, 4) is 5.69 Å². The summed E-state index contributed by atoms with van der Waals surface area (Å²) >= 11 is 0. The molecule has 3 aromatic heterocycles. The molecule has 6 aliphatic rings. The van der Waals surface area contributed by atoms with Crippen molar-refractivity contribution in [2.24, 2.45) is 13.0 Å². The standard InChI is InChI=1S/C55H61F3N10O5/c1-32-23-36(25-41(57)50(32)35-10-17-65(18-11-35)33(2)46-26-38-44(7-14-60-51(38)62(46)4)67-31-42(58)43(59-3)28-49(67)70)53(72)66-15-8-34(9-16-66)29-63-19-21-64(22-20-63)30-37-24-39-47(27-40(37)56)68(54(73)55(39)12-13-55)45-5-6-48(69)61-52(45)71/h7,10,14,23-28,31,33-34,45,59H,5-6,8-9,11-13,15-22,29-30H2,1-4H3,(H,61,69,71)/t33-,45+/m0/s1. The second kappa shape index (κ2) is 19.0. The Morgan fingerprint density at radius 3 is 2.32 bits per heavy atom. The lowest BCUT2D eigenvalue weighted by molar-refractivity contribution is -0.135. The minimum atomic E-state index is -0.821. The zero-order valence-electron chi connectivity index (χ0n) is 41.8. The Bertz CT molecular complexity index is 3160. The topological polar surface area (TPSA) is 148 Å². The van der Waals surface area contributed by atoms with Gasteiger partial charge in [-0.15, -0.1) is 0 Å². The molecule has 2 atom stereocenters. The lowest BCUT2D eigenvalue weighted by Gasteiger charge is -2.39. The van der Waals surface area contributed by atoms with Crippen molar-refractivity contribution in [1.29, 1.82) is 0 Å². The first kappa shape index (κ1) is 48.6. The molecular formula is C55H61F3N10O5. The molecule has 2 aromatic carbocycles. The van der Waals surface area contributed by atoms with Crippen LogP contribution in [0, 0.1) is 30.3 Å². The predicted molar refractivity (Wildman–Crippen MR) is 271 cm³/mol. The molecule has 2 N–H and O–H groups in total. The van der Waals surface area contributed by atoms with Gasteiger partial charge in [0.25, 0.3) is 11.5 Å². The fourth-order valence-electron chi connectivity index (χ4n) is 12.3. The highest BCUT2D eigenvalue weighted by molar-refractivity contribution is 6.15. The molecule has 18 heteroatoms. The molecule has 4 fully saturated rings. The maximum absolute atomic E-state index is 16.1. The number of pyridine rings is 2. The molecule has 0 bridgehead atoms. The fraction of sp³-hybridized carbons (Fsp3) is 0.455. The number of likely N-dealkylation sites (tertiary alicyclic amines) is 1. The number of nitrogens with one attached hydrogen (secondary N) is 2. The van der Waals surface area contributed by atoms with Crippen molar-refractivity contribution >= 4 is 51.6 Å². The maximum Gasteiger partial charge on any atom is 0.257 e. The molecular weight excluding hydrogens is 938 g/mol. The van der Waals surface area contributed by atoms with Gasteiger partial charge in [-0.2, -0.15) is 0 Å². The van der Waals surface area contributed by atoms with Gasteiger partial charge in [0.2, 0.25) is 17.7 Å². The molecule has 0 radical (unpaired) electrons. The number of hydrogen-bond donors (Lipinski definition) is 2. The van der Waals surface area contributed by atoms with E-state index in [1.807, 2.05) is 41.6 Å². The third-order valence-electron chi connectivity index (χ3n) is 16.7. The average molecular weight is 999 g/mol. The maximum atomic E-state index is 16.1. The SMILES string of the molecule is CNc1cc(=O)n(-c2ccnc3c2cc([C@H](C)N2CC=C(c4c(C)cc(C(=O)N5CCC(CN6CCN(Cc7cc8c(cc7F)N([C@@H]7CCC(=O)NC7=O)C(=O)C87CC7)CC6)CC5)cc4F)CC2)n3C)cc1F. The highest BCUT2D eigenvalue weighted by Gasteiger charge is 2.61. The van der Waals surface area contributed by atoms with E-state index in [9.17, 15) is 28.4 Å². The molecule has 8 heterocycles. The van der Waals surface area contributed by atoms with Gasteiger partial charge >= 0.3 is 0 Å². The molecule has 0 unspecified atom stereocenters. The van der Waals surface area contributed by atoms with Crippen LogP contribution in [0.5, 0.6) is 0 Å². The van der Waals surface area contributed by atoms with Crippen LogP contribution in [0.25, 0.3) is 22.3 Å². The minimum Gasteiger partial charge on any atom is -0.386 e. The summed E-state index contributed by atoms with van der Waals surface area (Å²) < 4.78 is 50.0. The van der Waals surface area contributed by atoms with Crippen LogP contribution in [0.3, 0.4) is 0 Å². The third kappa shape index (κ3) is 8.73. The minimum absolute atomic E-state index is 0.0557. The van der Waals surface area contributed by atoms with E-state index in [4.69, 9.17) is 0 Å². The highest BCUT2D eigenvalue weighted by Crippen LogP contribution is 2.58. The predicted octanol–water partition coefficient (Wildman–Crippen LogP) is 6.20. The summed E-state index contributed by atoms with van der Waals surface area (Å²) in [7, 11) is 3.49. The third-order valence-corrected chi connectivity index (χ3v) is 16.7. The van der Waals surface area contributed by atoms with Crippen molar-refractivity contribution in [1.82, 2.24) is 39.0 Å². The second-order valence-electron chi connectivity index (χ2n) is 21.0. The molecule has 3 saturated heterocycles. The van der Waals surface area contributed by atoms with E-state index in [1.165, 1.54) is 33.9 Å². The molecule has 15 nitrogen and oxygen atoms in total. The van der Waals surface area contributed by atoms with Gasteiger partial charge in [0.1, 0.15) is 23.3 Å². The number of rotatable bonds is 11. The summed E-state index contributed by atoms with van der Waals surface area (Å²) in [6.07, 6.45) is 8.88. The van der Waals surface area contributed by atoms with Crippen molar-refractivity contribution in [3.05, 3.63) is 122 Å². The Hall–Kier alpha value is -6.63. The van der Waals surface area contributed by atoms with Crippen molar-refractivity contribution in [2.45, 2.75) is 82.8 Å². The van der Waals surface area contributed by atoms with E-state index in [-0.39, 0.29) is 47.9 Å². The van der Waals surface area contributed by atoms with Crippen molar-refractivity contribution < 1.29 is 32.3 Å². The lowest BCUT2D eigenvalue weighted by atomic mass is 9.92. The van der Waals surface area contributed by atoms with Crippen LogP contribution in [0.1, 0.15) is 96.2 Å². The Kier molecular flexibility index (Phi) is 12.7. The number of halogens is 3. The largest absolute Gasteiger partial charge is 0.386 e. The van der Waals surface area contributed by atoms with Crippen molar-refractivity contribution in [3.63, 3.8) is 0 Å². The Morgan fingerprint density at radius 1 is 0.877 bits per heavy atom. The molecule has 1 spiro atoms. The first-order valence-electron chi connectivity index (χ1n) is 25.6. The van der Waals surface area contributed by atoms with Gasteiger partial charge in [0.15, 0.2) is 5.82 Å². The molecule has 1 saturated carbocycles. The zero-order chi connectivity index (χ0) is 51.0. The van der Waals surface area contributed by atoms with E-state index in [0.717, 1.165) is 73.3 Å². The number of piperidine rings is 2. The van der Waals surface area contributed by atoms with Crippen LogP contribution < -0.4 is 21.1 Å². The number of anilines is 2. The number of fused-ring (bicyclic) bond motifs is 3. The zero-order valence-corrected chi connectivity index (χ0v) is 41.8. The quantitative estimate of drug-likeness (QED) is 0.147. The first-order chi connectivity index (χ1) is 35.1. The van der Waals surface area contributed by atoms with Crippen LogP contribution in [0.15, 0.2) is 65.7 Å². The van der Waals surface area contributed by atoms with E-state index < -0.39 is 34.8 Å². The molecule has 4 amide bonds. The van der Waals surface area contributed by atoms with Gasteiger partial charge < -0.3 is 19.7 Å². The van der Waals surface area contributed by atoms with Crippen LogP contribution in [0.2, 0.25) is 0 Å². The van der Waals surface area contributed by atoms with Gasteiger partial charge in [-0.25, -0.2) is 18.2 Å². The molecule has 5 aromatic rings. The molecule has 73 heavy (non-hydrogen) atoms. The van der Waals surface area contributed by atoms with Crippen molar-refractivity contribution in [2.75, 3.05) is 76.2 Å². The Balaban J connectivity index is 0.670. The van der Waals surface area contributed by atoms with E-state index in [0.29, 0.717) is 91.6 Å². The van der Waals surface area contributed by atoms with Gasteiger partial charge in [0, 0.05) is 132 Å². The number of carbonyl (C=O) groups excluding carboxylic acids is 4. The number of aryl methyl sites for hydroxylation is 2. The van der Waals surface area contributed by atoms with E-state index in [1.54, 1.807) is 19.3 Å². The summed E-state index contributed by atoms with van der Waals surface area (Å²) in [6.45, 7) is 11.0. The number of aromatic nitrogens is 3. The lowest BCUT2D eigenvalue weighted by Crippen LogP contribution is -2.54. The summed E-state index contributed by atoms with van der Waals surface area (Å²) in [5.74, 6) is -2.12. The van der Waals surface area contributed by atoms with Gasteiger partial charge in [-0.1, -0.05) is 6.08 Å². The Labute approximate surface area is 421 Å². The number of benzene rings is 2. The fourth-order valence-corrected chi connectivity index (χ4v) is 12.3. The number of piperazine rings is 1. The molecule has 11 rings (SSSR count). The van der Waals surface area contributed by atoms with Gasteiger partial charge in [-0.05, 0) is 111 Å². The number of nitrogens with zero attached hydrogens (tertiary/aromatic N) is 8. The molecule has 5 aliphatic heterocycles. The van der Waals surface area contributed by atoms with Gasteiger partial charge in [-0.3, -0.25) is 48.6 Å². The Morgan fingerprint density at radius 2 is 1.63 bits per heavy atom. The summed E-state index contributed by atoms with van der Waals surface area (Å²) in [6, 6.07) is 10.5.